The van der Waals surface area contributed by atoms with Crippen molar-refractivity contribution < 1.29 is 22.7 Å². The molecule has 10 heteroatoms. The number of carbonyl (C=O) groups excluding carboxylic acids is 1. The number of hydrogen-bond acceptors (Lipinski definition) is 6. The molecule has 0 radical (unpaired) electrons. The molecule has 8 nitrogen and oxygen atoms in total. The van der Waals surface area contributed by atoms with E-state index in [1.54, 1.807) is 17.0 Å². The number of nitrogens with one attached hydrogen (secondary N) is 1. The topological polar surface area (TPSA) is 88.2 Å². The molecule has 1 aromatic carbocycles. The van der Waals surface area contributed by atoms with Crippen LogP contribution < -0.4 is 14.8 Å². The maximum atomic E-state index is 13.0. The van der Waals surface area contributed by atoms with E-state index in [1.165, 1.54) is 10.4 Å². The van der Waals surface area contributed by atoms with Gasteiger partial charge in [-0.2, -0.15) is 4.31 Å². The number of benzene rings is 1. The summed E-state index contributed by atoms with van der Waals surface area (Å²) in [6.45, 7) is 6.05. The van der Waals surface area contributed by atoms with Gasteiger partial charge in [-0.05, 0) is 31.1 Å². The van der Waals surface area contributed by atoms with Crippen molar-refractivity contribution in [2.75, 3.05) is 52.5 Å². The summed E-state index contributed by atoms with van der Waals surface area (Å²) in [4.78, 5) is 14.6. The number of sulfonamides is 1. The van der Waals surface area contributed by atoms with E-state index in [1.807, 2.05) is 6.92 Å². The minimum Gasteiger partial charge on any atom is -0.486 e. The summed E-state index contributed by atoms with van der Waals surface area (Å²) in [5.41, 5.74) is 0. The Balaban J connectivity index is 0.00000225. The van der Waals surface area contributed by atoms with Gasteiger partial charge in [-0.3, -0.25) is 4.79 Å². The first-order valence-electron chi connectivity index (χ1n) is 9.36. The minimum atomic E-state index is -3.62. The lowest BCUT2D eigenvalue weighted by Crippen LogP contribution is -2.55. The molecule has 0 saturated carbocycles. The maximum absolute atomic E-state index is 13.0. The molecule has 3 heterocycles. The number of rotatable bonds is 4. The second-order valence-electron chi connectivity index (χ2n) is 7.24. The number of carbonyl (C=O) groups is 1. The Kier molecular flexibility index (Phi) is 6.38. The van der Waals surface area contributed by atoms with Gasteiger partial charge < -0.3 is 19.7 Å². The Morgan fingerprint density at radius 2 is 1.75 bits per heavy atom. The zero-order valence-corrected chi connectivity index (χ0v) is 17.4. The summed E-state index contributed by atoms with van der Waals surface area (Å²) >= 11 is 0. The number of fused-ring (bicyclic) bond motifs is 1. The minimum absolute atomic E-state index is 0. The van der Waals surface area contributed by atoms with Crippen LogP contribution in [0, 0.1) is 11.8 Å². The predicted octanol–water partition coefficient (Wildman–Crippen LogP) is 0.568. The molecule has 28 heavy (non-hydrogen) atoms. The molecule has 4 rings (SSSR count). The number of halogens is 1. The number of amides is 1. The van der Waals surface area contributed by atoms with Crippen LogP contribution in [-0.2, 0) is 14.8 Å². The van der Waals surface area contributed by atoms with Crippen LogP contribution in [0.4, 0.5) is 0 Å². The third-order valence-electron chi connectivity index (χ3n) is 5.61. The highest BCUT2D eigenvalue weighted by atomic mass is 35.5. The van der Waals surface area contributed by atoms with Crippen molar-refractivity contribution in [1.29, 1.82) is 0 Å². The lowest BCUT2D eigenvalue weighted by molar-refractivity contribution is -0.138. The molecule has 1 aromatic rings. The van der Waals surface area contributed by atoms with Crippen LogP contribution in [0.3, 0.4) is 0 Å². The van der Waals surface area contributed by atoms with Crippen LogP contribution in [0.5, 0.6) is 11.5 Å². The fourth-order valence-corrected chi connectivity index (χ4v) is 5.07. The predicted molar refractivity (Wildman–Crippen MR) is 106 cm³/mol. The Labute approximate surface area is 171 Å². The largest absolute Gasteiger partial charge is 0.486 e. The zero-order chi connectivity index (χ0) is 19.0. The molecule has 2 saturated heterocycles. The van der Waals surface area contributed by atoms with Gasteiger partial charge in [-0.15, -0.1) is 12.4 Å². The van der Waals surface area contributed by atoms with E-state index in [2.05, 4.69) is 5.32 Å². The zero-order valence-electron chi connectivity index (χ0n) is 15.8. The lowest BCUT2D eigenvalue weighted by atomic mass is 9.88. The smallest absolute Gasteiger partial charge is 0.243 e. The summed E-state index contributed by atoms with van der Waals surface area (Å²) in [6.07, 6.45) is 0. The van der Waals surface area contributed by atoms with Gasteiger partial charge >= 0.3 is 0 Å². The number of piperazine rings is 1. The van der Waals surface area contributed by atoms with Crippen molar-refractivity contribution in [3.63, 3.8) is 0 Å². The van der Waals surface area contributed by atoms with Crippen molar-refractivity contribution >= 4 is 28.3 Å². The van der Waals surface area contributed by atoms with Crippen molar-refractivity contribution in [2.45, 2.75) is 11.8 Å². The normalized spacial score (nSPS) is 21.4. The van der Waals surface area contributed by atoms with Crippen molar-refractivity contribution in [2.24, 2.45) is 11.8 Å². The molecular weight excluding hydrogens is 406 g/mol. The first-order valence-corrected chi connectivity index (χ1v) is 10.8. The lowest BCUT2D eigenvalue weighted by Gasteiger charge is -2.38. The fraction of sp³-hybridized carbons (Fsp3) is 0.611. The second kappa shape index (κ2) is 8.44. The van der Waals surface area contributed by atoms with Gasteiger partial charge in [0.1, 0.15) is 13.2 Å². The third kappa shape index (κ3) is 3.94. The third-order valence-corrected chi connectivity index (χ3v) is 7.51. The average Bonchev–Trinajstić information content (AvgIpc) is 2.65. The van der Waals surface area contributed by atoms with Crippen LogP contribution in [0.1, 0.15) is 6.92 Å². The van der Waals surface area contributed by atoms with E-state index in [0.717, 1.165) is 13.1 Å². The molecule has 0 aromatic heterocycles. The number of ether oxygens (including phenoxy) is 2. The van der Waals surface area contributed by atoms with E-state index >= 15 is 0 Å². The molecule has 1 N–H and O–H groups in total. The maximum Gasteiger partial charge on any atom is 0.243 e. The number of hydrogen-bond donors (Lipinski definition) is 1. The molecular formula is C18H26ClN3O5S. The van der Waals surface area contributed by atoms with Gasteiger partial charge in [0.2, 0.25) is 15.9 Å². The molecule has 1 amide bonds. The molecule has 1 unspecified atom stereocenters. The second-order valence-corrected chi connectivity index (χ2v) is 9.18. The Morgan fingerprint density at radius 3 is 2.36 bits per heavy atom. The highest BCUT2D eigenvalue weighted by molar-refractivity contribution is 7.89. The molecule has 0 spiro atoms. The average molecular weight is 432 g/mol. The van der Waals surface area contributed by atoms with Gasteiger partial charge in [-0.1, -0.05) is 6.92 Å². The summed E-state index contributed by atoms with van der Waals surface area (Å²) in [6, 6.07) is 4.70. The van der Waals surface area contributed by atoms with Crippen molar-refractivity contribution in [3.05, 3.63) is 18.2 Å². The van der Waals surface area contributed by atoms with Crippen LogP contribution in [0.15, 0.2) is 23.1 Å². The summed E-state index contributed by atoms with van der Waals surface area (Å²) in [7, 11) is -3.62. The van der Waals surface area contributed by atoms with Crippen LogP contribution in [0.2, 0.25) is 0 Å². The molecule has 2 fully saturated rings. The first-order chi connectivity index (χ1) is 13.0. The molecule has 3 aliphatic rings. The van der Waals surface area contributed by atoms with E-state index in [0.29, 0.717) is 56.8 Å². The summed E-state index contributed by atoms with van der Waals surface area (Å²) in [5, 5.41) is 3.19. The highest BCUT2D eigenvalue weighted by Gasteiger charge is 2.35. The fourth-order valence-electron chi connectivity index (χ4n) is 3.64. The van der Waals surface area contributed by atoms with Crippen LogP contribution >= 0.6 is 12.4 Å². The monoisotopic (exact) mass is 431 g/mol. The molecule has 1 atom stereocenters. The Morgan fingerprint density at radius 1 is 1.11 bits per heavy atom. The van der Waals surface area contributed by atoms with Gasteiger partial charge in [0.15, 0.2) is 11.5 Å². The standard InChI is InChI=1S/C18H25N3O5S.ClH/c1-13(14-11-19-12-14)18(22)20-4-6-21(7-5-20)27(23,24)15-2-3-16-17(10-15)26-9-8-25-16;/h2-3,10,13-14,19H,4-9,11-12H2,1H3;1H. The molecule has 0 aliphatic carbocycles. The first kappa shape index (κ1) is 21.2. The van der Waals surface area contributed by atoms with Crippen LogP contribution in [-0.4, -0.2) is 76.0 Å². The van der Waals surface area contributed by atoms with Gasteiger partial charge in [0.05, 0.1) is 4.90 Å². The summed E-state index contributed by atoms with van der Waals surface area (Å²) < 4.78 is 38.3. The quantitative estimate of drug-likeness (QED) is 0.749. The molecule has 0 bridgehead atoms. The Bertz CT molecular complexity index is 823. The van der Waals surface area contributed by atoms with Crippen molar-refractivity contribution in [1.82, 2.24) is 14.5 Å². The van der Waals surface area contributed by atoms with Gasteiger partial charge in [0.25, 0.3) is 0 Å². The van der Waals surface area contributed by atoms with Gasteiger partial charge in [0, 0.05) is 38.2 Å². The van der Waals surface area contributed by atoms with E-state index < -0.39 is 10.0 Å². The van der Waals surface area contributed by atoms with Crippen molar-refractivity contribution in [3.8, 4) is 11.5 Å². The SMILES string of the molecule is CC(C(=O)N1CCN(S(=O)(=O)c2ccc3c(c2)OCCO3)CC1)C1CNC1.Cl. The number of nitrogens with zero attached hydrogens (tertiary/aromatic N) is 2. The van der Waals surface area contributed by atoms with E-state index in [9.17, 15) is 13.2 Å². The van der Waals surface area contributed by atoms with Gasteiger partial charge in [-0.25, -0.2) is 8.42 Å². The molecule has 3 aliphatic heterocycles. The summed E-state index contributed by atoms with van der Waals surface area (Å²) in [5.74, 6) is 1.51. The Hall–Kier alpha value is -1.55. The van der Waals surface area contributed by atoms with E-state index in [4.69, 9.17) is 9.47 Å². The van der Waals surface area contributed by atoms with Crippen LogP contribution in [0.25, 0.3) is 0 Å². The van der Waals surface area contributed by atoms with E-state index in [-0.39, 0.29) is 29.1 Å². The highest BCUT2D eigenvalue weighted by Crippen LogP contribution is 2.33. The molecule has 156 valence electrons.